The van der Waals surface area contributed by atoms with Crippen molar-refractivity contribution in [3.8, 4) is 5.75 Å². The number of rotatable bonds is 23. The van der Waals surface area contributed by atoms with Crippen LogP contribution in [-0.2, 0) is 42.9 Å². The van der Waals surface area contributed by atoms with Crippen LogP contribution in [0.15, 0.2) is 53.5 Å². The Kier molecular flexibility index (Phi) is 20.7. The second kappa shape index (κ2) is 25.6. The van der Waals surface area contributed by atoms with Crippen molar-refractivity contribution in [2.75, 3.05) is 49.8 Å². The number of esters is 2. The van der Waals surface area contributed by atoms with Crippen molar-refractivity contribution >= 4 is 80.7 Å². The van der Waals surface area contributed by atoms with Gasteiger partial charge in [-0.15, -0.1) is 11.3 Å². The zero-order valence-corrected chi connectivity index (χ0v) is 42.1. The summed E-state index contributed by atoms with van der Waals surface area (Å²) in [6.45, 7) is 17.5. The van der Waals surface area contributed by atoms with Crippen molar-refractivity contribution in [1.29, 1.82) is 10.8 Å². The molecule has 370 valence electrons. The molecule has 0 radical (unpaired) electrons. The quantitative estimate of drug-likeness (QED) is 0.0268. The van der Waals surface area contributed by atoms with Crippen molar-refractivity contribution < 1.29 is 47.7 Å². The first-order valence-electron chi connectivity index (χ1n) is 22.6. The van der Waals surface area contributed by atoms with Crippen LogP contribution in [0, 0.1) is 24.7 Å². The molecule has 5 N–H and O–H groups in total. The summed E-state index contributed by atoms with van der Waals surface area (Å²) < 4.78 is 27.6. The highest BCUT2D eigenvalue weighted by molar-refractivity contribution is 7.17. The number of hydrogen-bond acceptors (Lipinski definition) is 14. The number of thiophene rings is 1. The number of fused-ring (bicyclic) bond motifs is 1. The van der Waals surface area contributed by atoms with Crippen LogP contribution >= 0.6 is 22.9 Å². The maximum atomic E-state index is 13.4. The maximum Gasteiger partial charge on any atom is 0.306 e. The molecule has 19 heteroatoms. The third-order valence-corrected chi connectivity index (χ3v) is 11.4. The van der Waals surface area contributed by atoms with Gasteiger partial charge in [0.25, 0.3) is 0 Å². The fourth-order valence-corrected chi connectivity index (χ4v) is 8.14. The summed E-state index contributed by atoms with van der Waals surface area (Å²) in [5.41, 5.74) is 2.47. The molecule has 0 fully saturated rings. The Morgan fingerprint density at radius 1 is 0.824 bits per heavy atom. The predicted octanol–water partition coefficient (Wildman–Crippen LogP) is 7.69. The van der Waals surface area contributed by atoms with E-state index in [2.05, 4.69) is 16.0 Å². The molecule has 0 saturated heterocycles. The van der Waals surface area contributed by atoms with Crippen LogP contribution < -0.4 is 25.6 Å². The number of aliphatic imine (C=N–C) groups is 1. The maximum absolute atomic E-state index is 13.4. The third-order valence-electron chi connectivity index (χ3n) is 9.95. The van der Waals surface area contributed by atoms with E-state index in [1.807, 2.05) is 26.0 Å². The largest absolute Gasteiger partial charge is 0.491 e. The summed E-state index contributed by atoms with van der Waals surface area (Å²) in [7, 11) is 0. The van der Waals surface area contributed by atoms with Gasteiger partial charge < -0.3 is 39.6 Å². The van der Waals surface area contributed by atoms with Crippen molar-refractivity contribution in [2.24, 2.45) is 4.99 Å². The van der Waals surface area contributed by atoms with Gasteiger partial charge in [-0.3, -0.25) is 44.7 Å². The first-order chi connectivity index (χ1) is 32.0. The topological polar surface area (TPSA) is 231 Å². The van der Waals surface area contributed by atoms with Gasteiger partial charge in [0, 0.05) is 52.5 Å². The number of halogens is 1. The number of ether oxygens (including phenoxy) is 5. The molecular weight excluding hydrogens is 914 g/mol. The summed E-state index contributed by atoms with van der Waals surface area (Å²) >= 11 is 7.69. The third kappa shape index (κ3) is 18.1. The lowest BCUT2D eigenvalue weighted by molar-refractivity contribution is -0.156. The van der Waals surface area contributed by atoms with Gasteiger partial charge in [0.1, 0.15) is 52.3 Å². The fourth-order valence-electron chi connectivity index (χ4n) is 6.80. The average Bonchev–Trinajstić information content (AvgIpc) is 3.46. The van der Waals surface area contributed by atoms with Crippen molar-refractivity contribution in [1.82, 2.24) is 10.6 Å². The molecule has 0 saturated carbocycles. The van der Waals surface area contributed by atoms with Gasteiger partial charge in [-0.05, 0) is 117 Å². The van der Waals surface area contributed by atoms with E-state index in [-0.39, 0.29) is 95.7 Å². The van der Waals surface area contributed by atoms with Gasteiger partial charge >= 0.3 is 11.9 Å². The van der Waals surface area contributed by atoms with E-state index in [4.69, 9.17) is 51.1 Å². The van der Waals surface area contributed by atoms with Gasteiger partial charge in [0.15, 0.2) is 0 Å². The number of aryl methyl sites for hydroxylation is 1. The lowest BCUT2D eigenvalue weighted by atomic mass is 9.99. The first kappa shape index (κ1) is 54.9. The first-order valence-corrected chi connectivity index (χ1v) is 23.8. The Morgan fingerprint density at radius 2 is 1.43 bits per heavy atom. The zero-order chi connectivity index (χ0) is 50.2. The van der Waals surface area contributed by atoms with E-state index in [9.17, 15) is 24.0 Å². The number of anilines is 2. The van der Waals surface area contributed by atoms with E-state index in [0.29, 0.717) is 22.2 Å². The number of hydrogen-bond donors (Lipinski definition) is 5. The molecule has 0 spiro atoms. The van der Waals surface area contributed by atoms with Crippen LogP contribution in [0.25, 0.3) is 0 Å². The Labute approximate surface area is 408 Å². The Balaban J connectivity index is 1.17. The standard InChI is InChI=1S/C49H66ClN7O10S/c1-30-31(2)68-47-43(30)44(33-13-15-34(50)16-14-33)56-38(45(52)57(47)32(3)51)29-40(59)54-35-17-19-36(20-18-35)65-28-27-64-26-25-63-24-23-53-46(62)37(21-22-42(61)67-49(7,8)9)55-39(58)11-10-12-41(60)66-48(4,5)6/h13-20,37-38,51-52H,10-12,21-29H2,1-9H3,(H,53,62)(H,54,59)(H,55,58)/t37-,38?/m1/s1. The number of carbonyl (C=O) groups is 5. The molecule has 2 aromatic carbocycles. The van der Waals surface area contributed by atoms with E-state index >= 15 is 0 Å². The number of benzene rings is 2. The number of amidine groups is 2. The second-order valence-electron chi connectivity index (χ2n) is 18.1. The molecule has 2 atom stereocenters. The molecule has 3 aromatic rings. The van der Waals surface area contributed by atoms with Crippen molar-refractivity contribution in [3.05, 3.63) is 75.1 Å². The van der Waals surface area contributed by atoms with E-state index < -0.39 is 47.0 Å². The number of nitrogens with one attached hydrogen (secondary N) is 5. The molecule has 1 aromatic heterocycles. The average molecular weight is 981 g/mol. The monoisotopic (exact) mass is 979 g/mol. The number of nitrogens with zero attached hydrogens (tertiary/aromatic N) is 2. The molecule has 4 rings (SSSR count). The summed E-state index contributed by atoms with van der Waals surface area (Å²) in [6, 6.07) is 12.3. The number of amides is 3. The summed E-state index contributed by atoms with van der Waals surface area (Å²) in [4.78, 5) is 71.2. The minimum atomic E-state index is -0.997. The minimum absolute atomic E-state index is 0.000247. The van der Waals surface area contributed by atoms with Crippen LogP contribution in [0.2, 0.25) is 5.02 Å². The second-order valence-corrected chi connectivity index (χ2v) is 19.7. The highest BCUT2D eigenvalue weighted by atomic mass is 35.5. The predicted molar refractivity (Wildman–Crippen MR) is 265 cm³/mol. The van der Waals surface area contributed by atoms with Crippen LogP contribution in [0.4, 0.5) is 10.7 Å². The lowest BCUT2D eigenvalue weighted by Crippen LogP contribution is -2.47. The molecular formula is C49H66ClN7O10S. The van der Waals surface area contributed by atoms with Crippen LogP contribution in [0.1, 0.15) is 109 Å². The summed E-state index contributed by atoms with van der Waals surface area (Å²) in [6.07, 6.45) is 0.103. The highest BCUT2D eigenvalue weighted by Crippen LogP contribution is 2.40. The molecule has 17 nitrogen and oxygen atoms in total. The molecule has 3 amide bonds. The summed E-state index contributed by atoms with van der Waals surface area (Å²) in [5.74, 6) is -1.42. The normalized spacial score (nSPS) is 14.2. The lowest BCUT2D eigenvalue weighted by Gasteiger charge is -2.24. The highest BCUT2D eigenvalue weighted by Gasteiger charge is 2.35. The van der Waals surface area contributed by atoms with Crippen molar-refractivity contribution in [3.63, 3.8) is 0 Å². The van der Waals surface area contributed by atoms with Crippen molar-refractivity contribution in [2.45, 2.75) is 124 Å². The Hall–Kier alpha value is -5.69. The number of carbonyl (C=O) groups excluding carboxylic acids is 5. The zero-order valence-electron chi connectivity index (χ0n) is 40.5. The van der Waals surface area contributed by atoms with Crippen LogP contribution in [0.5, 0.6) is 5.75 Å². The summed E-state index contributed by atoms with van der Waals surface area (Å²) in [5, 5.41) is 27.3. The fraction of sp³-hybridized carbons (Fsp3) is 0.510. The van der Waals surface area contributed by atoms with E-state index in [1.54, 1.807) is 89.8 Å². The van der Waals surface area contributed by atoms with Gasteiger partial charge in [0.2, 0.25) is 17.7 Å². The SMILES string of the molecule is CC(=N)N1C(=N)C(CC(=O)Nc2ccc(OCCOCCOCCNC(=O)[C@@H](CCC(=O)OC(C)(C)C)NC(=O)CCCC(=O)OC(C)(C)C)cc2)N=C(c2ccc(Cl)cc2)c2c1sc(C)c2C. The molecule has 1 aliphatic heterocycles. The molecule has 1 unspecified atom stereocenters. The van der Waals surface area contributed by atoms with Crippen LogP contribution in [-0.4, -0.2) is 110 Å². The Morgan fingerprint density at radius 3 is 2.04 bits per heavy atom. The smallest absolute Gasteiger partial charge is 0.306 e. The van der Waals surface area contributed by atoms with Gasteiger partial charge in [0.05, 0.1) is 38.6 Å². The van der Waals surface area contributed by atoms with Crippen LogP contribution in [0.3, 0.4) is 0 Å². The van der Waals surface area contributed by atoms with E-state index in [0.717, 1.165) is 26.6 Å². The molecule has 68 heavy (non-hydrogen) atoms. The molecule has 0 aliphatic carbocycles. The minimum Gasteiger partial charge on any atom is -0.491 e. The molecule has 0 bridgehead atoms. The van der Waals surface area contributed by atoms with Gasteiger partial charge in [-0.1, -0.05) is 23.7 Å². The van der Waals surface area contributed by atoms with E-state index in [1.165, 1.54) is 11.3 Å². The molecule has 2 heterocycles. The van der Waals surface area contributed by atoms with Gasteiger partial charge in [-0.2, -0.15) is 0 Å². The Bertz CT molecular complexity index is 2290. The van der Waals surface area contributed by atoms with Gasteiger partial charge in [-0.25, -0.2) is 0 Å². The molecule has 1 aliphatic rings.